The minimum Gasteiger partial charge on any atom is -0.397 e. The zero-order valence-corrected chi connectivity index (χ0v) is 42.5. The topological polar surface area (TPSA) is 46.2 Å². The summed E-state index contributed by atoms with van der Waals surface area (Å²) in [4.78, 5) is 0.500. The molecule has 6 rings (SSSR count). The molecule has 0 atom stereocenters. The number of benzene rings is 6. The van der Waals surface area contributed by atoms with E-state index >= 15 is 0 Å². The minimum atomic E-state index is -0.169. The minimum absolute atomic E-state index is 0.165. The number of thiol groups is 1. The highest BCUT2D eigenvalue weighted by Crippen LogP contribution is 2.31. The Kier molecular flexibility index (Phi) is 27.6. The van der Waals surface area contributed by atoms with E-state index in [1.165, 1.54) is 73.6 Å². The van der Waals surface area contributed by atoms with Gasteiger partial charge in [-0.15, -0.1) is 0 Å². The molecule has 0 radical (unpaired) electrons. The summed E-state index contributed by atoms with van der Waals surface area (Å²) in [7, 11) is 0. The molecular formula is C58H72BrF2NOS2. The Hall–Kier alpha value is -4.14. The molecule has 7 heteroatoms. The van der Waals surface area contributed by atoms with Gasteiger partial charge in [-0.1, -0.05) is 189 Å². The standard InChI is InChI=1S/C27H30BrF.C27H31FS.C2H5NS.C2H6O/c1-2-3-4-7-21-9-13-23(14-10-21)25-17-18-26(27(29)20-25)24-15-11-22(12-16-24)8-5-6-19-28;1-2-3-4-7-21-9-13-23(14-10-21)25-17-18-26(27(28)20-25)24-15-11-22(12-16-24)8-5-6-19-29;1-2(3)4;1-2-3/h9-18,20H,2-8,19H2,1H3;9-18,20,29H,2-8,19H2,1H3;1H3,(H2,3,4);3H,2H2,1H3. The quantitative estimate of drug-likeness (QED) is 0.0309. The molecule has 0 aromatic heterocycles. The van der Waals surface area contributed by atoms with Crippen LogP contribution in [0.3, 0.4) is 0 Å². The maximum Gasteiger partial charge on any atom is 0.131 e. The smallest absolute Gasteiger partial charge is 0.131 e. The van der Waals surface area contributed by atoms with Crippen LogP contribution in [0.25, 0.3) is 44.5 Å². The summed E-state index contributed by atoms with van der Waals surface area (Å²) in [5.74, 6) is 0.593. The first-order valence-corrected chi connectivity index (χ1v) is 25.7. The molecule has 3 N–H and O–H groups in total. The first kappa shape index (κ1) is 55.2. The van der Waals surface area contributed by atoms with Gasteiger partial charge in [0.25, 0.3) is 0 Å². The van der Waals surface area contributed by atoms with E-state index in [-0.39, 0.29) is 18.2 Å². The Balaban J connectivity index is 0.000000302. The van der Waals surface area contributed by atoms with Crippen molar-refractivity contribution in [2.24, 2.45) is 5.73 Å². The van der Waals surface area contributed by atoms with E-state index < -0.39 is 0 Å². The molecular weight excluding hydrogens is 909 g/mol. The zero-order valence-electron chi connectivity index (χ0n) is 39.2. The number of thiocarbonyl (C=S) groups is 1. The van der Waals surface area contributed by atoms with Crippen molar-refractivity contribution in [1.29, 1.82) is 0 Å². The van der Waals surface area contributed by atoms with E-state index in [1.807, 2.05) is 48.5 Å². The van der Waals surface area contributed by atoms with Crippen molar-refractivity contribution in [3.05, 3.63) is 167 Å². The third-order valence-corrected chi connectivity index (χ3v) is 11.8. The highest BCUT2D eigenvalue weighted by atomic mass is 79.9. The summed E-state index contributed by atoms with van der Waals surface area (Å²) in [6.07, 6.45) is 16.5. The largest absolute Gasteiger partial charge is 0.397 e. The second kappa shape index (κ2) is 32.5. The maximum absolute atomic E-state index is 14.9. The van der Waals surface area contributed by atoms with Gasteiger partial charge in [-0.05, 0) is 152 Å². The van der Waals surface area contributed by atoms with Gasteiger partial charge >= 0.3 is 0 Å². The average Bonchev–Trinajstić information content (AvgIpc) is 3.31. The fraction of sp³-hybridized carbons (Fsp3) is 0.362. The molecule has 0 aliphatic carbocycles. The fourth-order valence-corrected chi connectivity index (χ4v) is 7.93. The van der Waals surface area contributed by atoms with Crippen LogP contribution < -0.4 is 5.73 Å². The number of hydrogen-bond acceptors (Lipinski definition) is 3. The molecule has 0 fully saturated rings. The van der Waals surface area contributed by atoms with Crippen LogP contribution in [0.1, 0.15) is 114 Å². The Labute approximate surface area is 410 Å². The van der Waals surface area contributed by atoms with Gasteiger partial charge in [0.2, 0.25) is 0 Å². The molecule has 65 heavy (non-hydrogen) atoms. The molecule has 6 aromatic rings. The van der Waals surface area contributed by atoms with Crippen LogP contribution in [-0.4, -0.2) is 27.8 Å². The number of unbranched alkanes of at least 4 members (excludes halogenated alkanes) is 6. The molecule has 2 nitrogen and oxygen atoms in total. The lowest BCUT2D eigenvalue weighted by atomic mass is 9.97. The molecule has 348 valence electrons. The summed E-state index contributed by atoms with van der Waals surface area (Å²) in [5, 5.41) is 8.62. The van der Waals surface area contributed by atoms with Crippen LogP contribution in [0.4, 0.5) is 8.78 Å². The highest BCUT2D eigenvalue weighted by molar-refractivity contribution is 9.09. The number of alkyl halides is 1. The van der Waals surface area contributed by atoms with Gasteiger partial charge in [-0.25, -0.2) is 8.78 Å². The molecule has 0 heterocycles. The van der Waals surface area contributed by atoms with Gasteiger partial charge in [0.15, 0.2) is 0 Å². The third-order valence-electron chi connectivity index (χ3n) is 10.9. The van der Waals surface area contributed by atoms with Crippen molar-refractivity contribution in [3.8, 4) is 44.5 Å². The van der Waals surface area contributed by atoms with E-state index in [0.29, 0.717) is 16.1 Å². The first-order valence-electron chi connectivity index (χ1n) is 23.6. The summed E-state index contributed by atoms with van der Waals surface area (Å²) in [6, 6.07) is 44.8. The van der Waals surface area contributed by atoms with Gasteiger partial charge < -0.3 is 10.8 Å². The lowest BCUT2D eigenvalue weighted by Crippen LogP contribution is -1.98. The predicted octanol–water partition coefficient (Wildman–Crippen LogP) is 17.0. The second-order valence-corrected chi connectivity index (χ2v) is 18.2. The molecule has 0 bridgehead atoms. The van der Waals surface area contributed by atoms with Gasteiger partial charge in [0, 0.05) is 23.1 Å². The summed E-state index contributed by atoms with van der Waals surface area (Å²) in [5.41, 5.74) is 17.3. The van der Waals surface area contributed by atoms with Gasteiger partial charge in [-0.2, -0.15) is 12.6 Å². The third kappa shape index (κ3) is 20.9. The number of nitrogens with two attached hydrogens (primary N) is 1. The molecule has 0 unspecified atom stereocenters. The van der Waals surface area contributed by atoms with Crippen molar-refractivity contribution in [1.82, 2.24) is 0 Å². The summed E-state index contributed by atoms with van der Waals surface area (Å²) < 4.78 is 29.7. The Morgan fingerprint density at radius 3 is 1.05 bits per heavy atom. The maximum atomic E-state index is 14.9. The van der Waals surface area contributed by atoms with Crippen LogP contribution in [0.15, 0.2) is 133 Å². The van der Waals surface area contributed by atoms with Crippen LogP contribution in [0.2, 0.25) is 0 Å². The number of aliphatic hydroxyl groups excluding tert-OH is 1. The van der Waals surface area contributed by atoms with Crippen LogP contribution >= 0.6 is 40.8 Å². The van der Waals surface area contributed by atoms with Crippen molar-refractivity contribution in [3.63, 3.8) is 0 Å². The van der Waals surface area contributed by atoms with E-state index in [1.54, 1.807) is 26.0 Å². The number of rotatable bonds is 20. The first-order chi connectivity index (χ1) is 31.6. The summed E-state index contributed by atoms with van der Waals surface area (Å²) >= 11 is 12.0. The van der Waals surface area contributed by atoms with Crippen LogP contribution in [0.5, 0.6) is 0 Å². The van der Waals surface area contributed by atoms with Gasteiger partial charge in [-0.3, -0.25) is 0 Å². The van der Waals surface area contributed by atoms with Crippen molar-refractivity contribution >= 4 is 45.8 Å². The molecule has 0 aliphatic heterocycles. The van der Waals surface area contributed by atoms with Crippen molar-refractivity contribution in [2.75, 3.05) is 17.7 Å². The highest BCUT2D eigenvalue weighted by Gasteiger charge is 2.10. The molecule has 0 spiro atoms. The average molecular weight is 981 g/mol. The van der Waals surface area contributed by atoms with Gasteiger partial charge in [0.05, 0.1) is 4.99 Å². The summed E-state index contributed by atoms with van der Waals surface area (Å²) in [6.45, 7) is 8.05. The molecule has 0 saturated heterocycles. The van der Waals surface area contributed by atoms with E-state index in [9.17, 15) is 8.78 Å². The predicted molar refractivity (Wildman–Crippen MR) is 290 cm³/mol. The zero-order chi connectivity index (χ0) is 47.2. The Bertz CT molecular complexity index is 2050. The molecule has 0 aliphatic rings. The lowest BCUT2D eigenvalue weighted by molar-refractivity contribution is 0.318. The van der Waals surface area contributed by atoms with Crippen LogP contribution in [-0.2, 0) is 25.7 Å². The molecule has 0 saturated carbocycles. The van der Waals surface area contributed by atoms with E-state index in [4.69, 9.17) is 10.8 Å². The molecule has 6 aromatic carbocycles. The van der Waals surface area contributed by atoms with Gasteiger partial charge in [0.1, 0.15) is 11.6 Å². The number of aliphatic hydroxyl groups is 1. The van der Waals surface area contributed by atoms with Crippen LogP contribution in [0, 0.1) is 11.6 Å². The van der Waals surface area contributed by atoms with E-state index in [0.717, 1.165) is 83.0 Å². The number of aryl methyl sites for hydroxylation is 4. The number of hydrogen-bond donors (Lipinski definition) is 3. The molecule has 0 amide bonds. The Morgan fingerprint density at radius 1 is 0.492 bits per heavy atom. The fourth-order valence-electron chi connectivity index (χ4n) is 7.31. The monoisotopic (exact) mass is 979 g/mol. The SMILES string of the molecule is CC(N)=S.CCCCCc1ccc(-c2ccc(-c3ccc(CCCCBr)cc3)c(F)c2)cc1.CCCCCc1ccc(-c2ccc(-c3ccc(CCCCS)cc3)c(F)c2)cc1.CCO. The van der Waals surface area contributed by atoms with Crippen molar-refractivity contribution < 1.29 is 13.9 Å². The normalized spacial score (nSPS) is 10.5. The lowest BCUT2D eigenvalue weighted by Gasteiger charge is -2.09. The van der Waals surface area contributed by atoms with E-state index in [2.05, 4.69) is 127 Å². The second-order valence-electron chi connectivity index (χ2n) is 16.3. The Morgan fingerprint density at radius 2 is 0.769 bits per heavy atom. The number of halogens is 3. The van der Waals surface area contributed by atoms with Crippen molar-refractivity contribution in [2.45, 2.75) is 118 Å².